The van der Waals surface area contributed by atoms with E-state index in [4.69, 9.17) is 10.5 Å². The second-order valence-electron chi connectivity index (χ2n) is 5.18. The molecule has 4 aromatic rings. The van der Waals surface area contributed by atoms with Crippen LogP contribution in [-0.4, -0.2) is 31.7 Å². The summed E-state index contributed by atoms with van der Waals surface area (Å²) in [6.45, 7) is 0. The molecule has 0 bridgehead atoms. The lowest BCUT2D eigenvalue weighted by Crippen LogP contribution is -2.03. The van der Waals surface area contributed by atoms with Gasteiger partial charge in [0.05, 0.1) is 18.3 Å². The van der Waals surface area contributed by atoms with E-state index in [2.05, 4.69) is 20.1 Å². The Bertz CT molecular complexity index is 996. The normalized spacial score (nSPS) is 11.2. The van der Waals surface area contributed by atoms with Gasteiger partial charge in [0.1, 0.15) is 17.6 Å². The first-order chi connectivity index (χ1) is 11.3. The number of nitrogens with zero attached hydrogens (tertiary/aromatic N) is 5. The molecule has 2 N–H and O–H groups in total. The first kappa shape index (κ1) is 13.4. The summed E-state index contributed by atoms with van der Waals surface area (Å²) < 4.78 is 7.02. The Morgan fingerprint density at radius 2 is 2.04 bits per heavy atom. The maximum Gasteiger partial charge on any atom is 0.222 e. The number of rotatable bonds is 3. The fraction of sp³-hybridized carbons (Fsp3) is 0.125. The Morgan fingerprint density at radius 1 is 1.22 bits per heavy atom. The van der Waals surface area contributed by atoms with Crippen LogP contribution in [0.2, 0.25) is 0 Å². The predicted octanol–water partition coefficient (Wildman–Crippen LogP) is 1.85. The molecule has 7 nitrogen and oxygen atoms in total. The van der Waals surface area contributed by atoms with E-state index < -0.39 is 0 Å². The van der Waals surface area contributed by atoms with Gasteiger partial charge in [-0.2, -0.15) is 9.61 Å². The average Bonchev–Trinajstić information content (AvgIpc) is 3.00. The Hall–Kier alpha value is -3.22. The highest BCUT2D eigenvalue weighted by molar-refractivity contribution is 5.97. The van der Waals surface area contributed by atoms with Gasteiger partial charge in [-0.1, -0.05) is 12.1 Å². The monoisotopic (exact) mass is 306 g/mol. The minimum absolute atomic E-state index is 0.326. The zero-order valence-electron chi connectivity index (χ0n) is 12.5. The number of aromatic nitrogens is 5. The molecule has 0 radical (unpaired) electrons. The molecule has 0 fully saturated rings. The zero-order valence-corrected chi connectivity index (χ0v) is 12.5. The summed E-state index contributed by atoms with van der Waals surface area (Å²) in [7, 11) is 1.62. The molecule has 4 rings (SSSR count). The molecule has 3 heterocycles. The highest BCUT2D eigenvalue weighted by atomic mass is 16.5. The molecule has 0 spiro atoms. The van der Waals surface area contributed by atoms with Gasteiger partial charge in [0.25, 0.3) is 0 Å². The van der Waals surface area contributed by atoms with Gasteiger partial charge in [-0.05, 0) is 17.7 Å². The van der Waals surface area contributed by atoms with Crippen molar-refractivity contribution < 1.29 is 4.74 Å². The topological polar surface area (TPSA) is 91.2 Å². The molecule has 23 heavy (non-hydrogen) atoms. The largest absolute Gasteiger partial charge is 0.494 e. The standard InChI is InChI=1S/C16H14N6O/c1-23-14-4-2-3-12-13-6-11(5-10-7-18-9-19-8-10)21-22(13)16(17)20-15(12)14/h2-4,6-9H,5H2,1H3,(H2,17,20). The van der Waals surface area contributed by atoms with Crippen molar-refractivity contribution in [2.45, 2.75) is 6.42 Å². The molecule has 0 saturated carbocycles. The molecule has 7 heteroatoms. The van der Waals surface area contributed by atoms with Crippen LogP contribution < -0.4 is 10.5 Å². The molecule has 0 unspecified atom stereocenters. The number of methoxy groups -OCH3 is 1. The molecule has 0 atom stereocenters. The van der Waals surface area contributed by atoms with Crippen molar-refractivity contribution in [3.8, 4) is 5.75 Å². The SMILES string of the molecule is COc1cccc2c1nc(N)n1nc(Cc3cncnc3)cc21. The van der Waals surface area contributed by atoms with Crippen LogP contribution in [0, 0.1) is 0 Å². The summed E-state index contributed by atoms with van der Waals surface area (Å²) in [5, 5.41) is 5.49. The van der Waals surface area contributed by atoms with Crippen LogP contribution in [-0.2, 0) is 6.42 Å². The molecule has 0 aliphatic rings. The smallest absolute Gasteiger partial charge is 0.222 e. The van der Waals surface area contributed by atoms with Crippen LogP contribution in [0.25, 0.3) is 16.4 Å². The van der Waals surface area contributed by atoms with Crippen molar-refractivity contribution in [2.24, 2.45) is 0 Å². The van der Waals surface area contributed by atoms with Crippen LogP contribution in [0.15, 0.2) is 43.0 Å². The van der Waals surface area contributed by atoms with Crippen molar-refractivity contribution in [3.63, 3.8) is 0 Å². The molecule has 1 aromatic carbocycles. The summed E-state index contributed by atoms with van der Waals surface area (Å²) in [6, 6.07) is 7.78. The number of nitrogens with two attached hydrogens (primary N) is 1. The first-order valence-corrected chi connectivity index (χ1v) is 7.11. The van der Waals surface area contributed by atoms with E-state index >= 15 is 0 Å². The van der Waals surface area contributed by atoms with Crippen molar-refractivity contribution in [1.29, 1.82) is 0 Å². The predicted molar refractivity (Wildman–Crippen MR) is 86.3 cm³/mol. The molecule has 114 valence electrons. The van der Waals surface area contributed by atoms with E-state index in [1.807, 2.05) is 24.3 Å². The quantitative estimate of drug-likeness (QED) is 0.621. The number of anilines is 1. The summed E-state index contributed by atoms with van der Waals surface area (Å²) in [5.41, 5.74) is 9.56. The number of fused-ring (bicyclic) bond motifs is 3. The van der Waals surface area contributed by atoms with Gasteiger partial charge in [-0.3, -0.25) is 0 Å². The maximum absolute atomic E-state index is 6.06. The van der Waals surface area contributed by atoms with Crippen LogP contribution in [0.4, 0.5) is 5.95 Å². The fourth-order valence-electron chi connectivity index (χ4n) is 2.68. The minimum Gasteiger partial charge on any atom is -0.494 e. The van der Waals surface area contributed by atoms with Gasteiger partial charge in [-0.25, -0.2) is 15.0 Å². The van der Waals surface area contributed by atoms with Crippen LogP contribution in [0.3, 0.4) is 0 Å². The van der Waals surface area contributed by atoms with Crippen molar-refractivity contribution in [2.75, 3.05) is 12.8 Å². The molecule has 3 aromatic heterocycles. The Balaban J connectivity index is 1.91. The summed E-state index contributed by atoms with van der Waals surface area (Å²) >= 11 is 0. The van der Waals surface area contributed by atoms with Crippen molar-refractivity contribution in [3.05, 3.63) is 54.2 Å². The van der Waals surface area contributed by atoms with Crippen molar-refractivity contribution >= 4 is 22.4 Å². The van der Waals surface area contributed by atoms with E-state index in [1.54, 1.807) is 24.0 Å². The van der Waals surface area contributed by atoms with Crippen LogP contribution >= 0.6 is 0 Å². The van der Waals surface area contributed by atoms with E-state index in [0.717, 1.165) is 27.7 Å². The molecule has 0 aliphatic carbocycles. The van der Waals surface area contributed by atoms with Gasteiger partial charge in [-0.15, -0.1) is 0 Å². The third kappa shape index (κ3) is 2.22. The van der Waals surface area contributed by atoms with Gasteiger partial charge < -0.3 is 10.5 Å². The van der Waals surface area contributed by atoms with Gasteiger partial charge in [0.15, 0.2) is 0 Å². The van der Waals surface area contributed by atoms with E-state index in [0.29, 0.717) is 18.1 Å². The molecule has 0 saturated heterocycles. The number of para-hydroxylation sites is 1. The highest BCUT2D eigenvalue weighted by Crippen LogP contribution is 2.28. The van der Waals surface area contributed by atoms with Crippen molar-refractivity contribution in [1.82, 2.24) is 24.6 Å². The third-order valence-corrected chi connectivity index (χ3v) is 3.70. The Morgan fingerprint density at radius 3 is 2.83 bits per heavy atom. The Kier molecular flexibility index (Phi) is 3.04. The maximum atomic E-state index is 6.06. The third-order valence-electron chi connectivity index (χ3n) is 3.70. The van der Waals surface area contributed by atoms with Crippen LogP contribution in [0.1, 0.15) is 11.3 Å². The number of hydrogen-bond donors (Lipinski definition) is 1. The van der Waals surface area contributed by atoms with Crippen LogP contribution in [0.5, 0.6) is 5.75 Å². The number of nitrogen functional groups attached to an aromatic ring is 1. The second kappa shape index (κ2) is 5.20. The average molecular weight is 306 g/mol. The lowest BCUT2D eigenvalue weighted by atomic mass is 10.1. The van der Waals surface area contributed by atoms with Gasteiger partial charge in [0.2, 0.25) is 5.95 Å². The number of ether oxygens (including phenoxy) is 1. The molecular weight excluding hydrogens is 292 g/mol. The first-order valence-electron chi connectivity index (χ1n) is 7.11. The fourth-order valence-corrected chi connectivity index (χ4v) is 2.68. The lowest BCUT2D eigenvalue weighted by molar-refractivity contribution is 0.419. The molecule has 0 amide bonds. The summed E-state index contributed by atoms with van der Waals surface area (Å²) in [6.07, 6.45) is 5.70. The Labute approximate surface area is 131 Å². The second-order valence-corrected chi connectivity index (χ2v) is 5.18. The minimum atomic E-state index is 0.326. The van der Waals surface area contributed by atoms with E-state index in [9.17, 15) is 0 Å². The van der Waals surface area contributed by atoms with Gasteiger partial charge in [0, 0.05) is 24.2 Å². The molecular formula is C16H14N6O. The molecule has 0 aliphatic heterocycles. The zero-order chi connectivity index (χ0) is 15.8. The summed E-state index contributed by atoms with van der Waals surface area (Å²) in [4.78, 5) is 12.5. The number of hydrogen-bond acceptors (Lipinski definition) is 6. The van der Waals surface area contributed by atoms with E-state index in [-0.39, 0.29) is 0 Å². The highest BCUT2D eigenvalue weighted by Gasteiger charge is 2.13. The van der Waals surface area contributed by atoms with E-state index in [1.165, 1.54) is 6.33 Å². The summed E-state index contributed by atoms with van der Waals surface area (Å²) in [5.74, 6) is 1.02. The number of benzene rings is 1. The lowest BCUT2D eigenvalue weighted by Gasteiger charge is -2.07. The van der Waals surface area contributed by atoms with Gasteiger partial charge >= 0.3 is 0 Å².